The summed E-state index contributed by atoms with van der Waals surface area (Å²) in [5, 5.41) is 8.90. The van der Waals surface area contributed by atoms with Gasteiger partial charge in [-0.3, -0.25) is 9.69 Å². The van der Waals surface area contributed by atoms with Crippen molar-refractivity contribution in [3.63, 3.8) is 0 Å². The Labute approximate surface area is 130 Å². The van der Waals surface area contributed by atoms with Crippen molar-refractivity contribution in [2.24, 2.45) is 0 Å². The molecule has 0 bridgehead atoms. The van der Waals surface area contributed by atoms with Crippen molar-refractivity contribution >= 4 is 5.97 Å². The van der Waals surface area contributed by atoms with Crippen molar-refractivity contribution in [3.8, 4) is 0 Å². The maximum Gasteiger partial charge on any atom is 0.431 e. The molecule has 0 radical (unpaired) electrons. The van der Waals surface area contributed by atoms with Crippen LogP contribution in [-0.4, -0.2) is 53.4 Å². The van der Waals surface area contributed by atoms with Crippen LogP contribution < -0.4 is 5.56 Å². The standard InChI is InChI=1S/C14H17F3N2O4/c15-14(16,17)11-3-2-10(13(21)22)12(20)19(11)5-1-4-18-6-8-23-9-7-18/h2-3H,1,4-9H2,(H,21,22). The fourth-order valence-corrected chi connectivity index (χ4v) is 2.49. The lowest BCUT2D eigenvalue weighted by Crippen LogP contribution is -2.38. The average molecular weight is 334 g/mol. The molecule has 1 aromatic rings. The zero-order valence-corrected chi connectivity index (χ0v) is 12.3. The molecule has 9 heteroatoms. The highest BCUT2D eigenvalue weighted by molar-refractivity contribution is 5.87. The lowest BCUT2D eigenvalue weighted by Gasteiger charge is -2.26. The minimum absolute atomic E-state index is 0.188. The van der Waals surface area contributed by atoms with Gasteiger partial charge in [0.2, 0.25) is 0 Å². The molecular formula is C14H17F3N2O4. The molecule has 23 heavy (non-hydrogen) atoms. The van der Waals surface area contributed by atoms with Crippen molar-refractivity contribution in [3.05, 3.63) is 33.7 Å². The topological polar surface area (TPSA) is 71.8 Å². The van der Waals surface area contributed by atoms with Crippen LogP contribution in [0.5, 0.6) is 0 Å². The number of aromatic nitrogens is 1. The van der Waals surface area contributed by atoms with Crippen LogP contribution in [0.3, 0.4) is 0 Å². The van der Waals surface area contributed by atoms with Gasteiger partial charge in [0.25, 0.3) is 5.56 Å². The molecule has 0 aliphatic carbocycles. The van der Waals surface area contributed by atoms with Gasteiger partial charge in [-0.15, -0.1) is 0 Å². The number of nitrogens with zero attached hydrogens (tertiary/aromatic N) is 2. The van der Waals surface area contributed by atoms with Crippen molar-refractivity contribution in [1.82, 2.24) is 9.47 Å². The Hall–Kier alpha value is -1.87. The summed E-state index contributed by atoms with van der Waals surface area (Å²) in [5.74, 6) is -1.54. The molecule has 2 rings (SSSR count). The summed E-state index contributed by atoms with van der Waals surface area (Å²) in [6.07, 6.45) is -4.40. The minimum Gasteiger partial charge on any atom is -0.477 e. The first kappa shape index (κ1) is 17.5. The molecule has 0 amide bonds. The number of ether oxygens (including phenoxy) is 1. The number of aromatic carboxylic acids is 1. The molecule has 1 N–H and O–H groups in total. The lowest BCUT2D eigenvalue weighted by molar-refractivity contribution is -0.144. The first-order valence-corrected chi connectivity index (χ1v) is 7.15. The molecule has 128 valence electrons. The highest BCUT2D eigenvalue weighted by Gasteiger charge is 2.35. The Morgan fingerprint density at radius 3 is 2.43 bits per heavy atom. The number of carboxylic acids is 1. The summed E-state index contributed by atoms with van der Waals surface area (Å²) in [6.45, 7) is 2.85. The van der Waals surface area contributed by atoms with E-state index in [-0.39, 0.29) is 6.54 Å². The van der Waals surface area contributed by atoms with E-state index in [1.165, 1.54) is 0 Å². The summed E-state index contributed by atoms with van der Waals surface area (Å²) in [5.41, 5.74) is -2.92. The second kappa shape index (κ2) is 7.14. The van der Waals surface area contributed by atoms with E-state index in [4.69, 9.17) is 9.84 Å². The molecule has 6 nitrogen and oxygen atoms in total. The van der Waals surface area contributed by atoms with Crippen LogP contribution in [0.1, 0.15) is 22.5 Å². The van der Waals surface area contributed by atoms with Crippen LogP contribution >= 0.6 is 0 Å². The summed E-state index contributed by atoms with van der Waals surface area (Å²) >= 11 is 0. The number of carboxylic acid groups (broad SMARTS) is 1. The SMILES string of the molecule is O=C(O)c1ccc(C(F)(F)F)n(CCCN2CCOCC2)c1=O. The second-order valence-electron chi connectivity index (χ2n) is 5.20. The van der Waals surface area contributed by atoms with Gasteiger partial charge in [-0.25, -0.2) is 4.79 Å². The Balaban J connectivity index is 2.18. The van der Waals surface area contributed by atoms with E-state index < -0.39 is 29.0 Å². The maximum absolute atomic E-state index is 13.0. The predicted octanol–water partition coefficient (Wildman–Crippen LogP) is 1.29. The van der Waals surface area contributed by atoms with Crippen LogP contribution in [0, 0.1) is 0 Å². The first-order chi connectivity index (χ1) is 10.8. The fourth-order valence-electron chi connectivity index (χ4n) is 2.49. The van der Waals surface area contributed by atoms with Gasteiger partial charge in [-0.2, -0.15) is 13.2 Å². The molecule has 0 aromatic carbocycles. The van der Waals surface area contributed by atoms with E-state index in [2.05, 4.69) is 0 Å². The quantitative estimate of drug-likeness (QED) is 0.878. The van der Waals surface area contributed by atoms with E-state index in [1.807, 2.05) is 4.90 Å². The Bertz CT molecular complexity index is 621. The van der Waals surface area contributed by atoms with Crippen LogP contribution in [0.4, 0.5) is 13.2 Å². The zero-order valence-electron chi connectivity index (χ0n) is 12.3. The van der Waals surface area contributed by atoms with Crippen molar-refractivity contribution in [2.75, 3.05) is 32.8 Å². The molecule has 2 heterocycles. The monoisotopic (exact) mass is 334 g/mol. The molecule has 1 aliphatic heterocycles. The highest BCUT2D eigenvalue weighted by atomic mass is 19.4. The van der Waals surface area contributed by atoms with E-state index in [0.29, 0.717) is 56.0 Å². The molecule has 1 aliphatic rings. The third kappa shape index (κ3) is 4.32. The Kier molecular flexibility index (Phi) is 5.42. The predicted molar refractivity (Wildman–Crippen MR) is 74.5 cm³/mol. The van der Waals surface area contributed by atoms with Gasteiger partial charge in [0, 0.05) is 26.2 Å². The number of pyridine rings is 1. The summed E-state index contributed by atoms with van der Waals surface area (Å²) in [7, 11) is 0. The number of carbonyl (C=O) groups is 1. The van der Waals surface area contributed by atoms with Crippen LogP contribution in [-0.2, 0) is 17.5 Å². The molecule has 0 saturated carbocycles. The molecular weight excluding hydrogens is 317 g/mol. The number of morpholine rings is 1. The third-order valence-corrected chi connectivity index (χ3v) is 3.65. The van der Waals surface area contributed by atoms with E-state index in [1.54, 1.807) is 0 Å². The van der Waals surface area contributed by atoms with Crippen LogP contribution in [0.25, 0.3) is 0 Å². The van der Waals surface area contributed by atoms with Crippen molar-refractivity contribution in [1.29, 1.82) is 0 Å². The van der Waals surface area contributed by atoms with Gasteiger partial charge in [-0.05, 0) is 18.6 Å². The van der Waals surface area contributed by atoms with E-state index >= 15 is 0 Å². The maximum atomic E-state index is 13.0. The molecule has 0 atom stereocenters. The molecule has 0 spiro atoms. The Morgan fingerprint density at radius 1 is 1.22 bits per heavy atom. The minimum atomic E-state index is -4.71. The summed E-state index contributed by atoms with van der Waals surface area (Å²) in [4.78, 5) is 25.0. The molecule has 1 saturated heterocycles. The summed E-state index contributed by atoms with van der Waals surface area (Å²) in [6, 6.07) is 1.34. The third-order valence-electron chi connectivity index (χ3n) is 3.65. The van der Waals surface area contributed by atoms with Crippen LogP contribution in [0.15, 0.2) is 16.9 Å². The van der Waals surface area contributed by atoms with Gasteiger partial charge >= 0.3 is 12.1 Å². The smallest absolute Gasteiger partial charge is 0.431 e. The number of hydrogen-bond donors (Lipinski definition) is 1. The first-order valence-electron chi connectivity index (χ1n) is 7.15. The van der Waals surface area contributed by atoms with Crippen LogP contribution in [0.2, 0.25) is 0 Å². The number of rotatable bonds is 5. The summed E-state index contributed by atoms with van der Waals surface area (Å²) < 4.78 is 44.7. The zero-order chi connectivity index (χ0) is 17.0. The molecule has 1 aromatic heterocycles. The number of hydrogen-bond acceptors (Lipinski definition) is 4. The van der Waals surface area contributed by atoms with Gasteiger partial charge in [0.05, 0.1) is 13.2 Å². The fraction of sp³-hybridized carbons (Fsp3) is 0.571. The Morgan fingerprint density at radius 2 is 1.87 bits per heavy atom. The largest absolute Gasteiger partial charge is 0.477 e. The van der Waals surface area contributed by atoms with Gasteiger partial charge in [0.15, 0.2) is 0 Å². The van der Waals surface area contributed by atoms with E-state index in [9.17, 15) is 22.8 Å². The average Bonchev–Trinajstić information content (AvgIpc) is 2.48. The lowest BCUT2D eigenvalue weighted by atomic mass is 10.2. The number of halogens is 3. The van der Waals surface area contributed by atoms with Gasteiger partial charge < -0.3 is 14.4 Å². The van der Waals surface area contributed by atoms with E-state index in [0.717, 1.165) is 0 Å². The molecule has 1 fully saturated rings. The van der Waals surface area contributed by atoms with Crippen molar-refractivity contribution in [2.45, 2.75) is 19.1 Å². The second-order valence-corrected chi connectivity index (χ2v) is 5.20. The van der Waals surface area contributed by atoms with Gasteiger partial charge in [-0.1, -0.05) is 0 Å². The van der Waals surface area contributed by atoms with Crippen molar-refractivity contribution < 1.29 is 27.8 Å². The normalized spacial score (nSPS) is 16.5. The molecule has 0 unspecified atom stereocenters. The highest BCUT2D eigenvalue weighted by Crippen LogP contribution is 2.28. The van der Waals surface area contributed by atoms with Gasteiger partial charge in [0.1, 0.15) is 11.3 Å². The number of alkyl halides is 3.